The monoisotopic (exact) mass is 910 g/mol. The molecular formula is C35H50N4O24. The van der Waals surface area contributed by atoms with Gasteiger partial charge in [0.05, 0.1) is 56.2 Å². The Labute approximate surface area is 354 Å². The summed E-state index contributed by atoms with van der Waals surface area (Å²) in [6, 6.07) is -5.14. The zero-order valence-corrected chi connectivity index (χ0v) is 33.6. The standard InChI is InChI=1S/C35H50N4O24/c1-12(42)36-23-16(46)7-34(31(54)55,59-18(23)9-39-21(48)4-5-22(39)49)60-20(11-41)27(51)29-25(38-14(3)44)17(47)8-35(63-29,32(56)57)61-19(10-40)26(50)28-24(37-13(2)43)15(45)6-33(58,62-28)30(52)53/h4-5,15-20,23-29,40-41,45-47,50-51,58H,6-11H2,1-3H3,(H,36,42)(H,37,43)(H,38,44)(H,52,53)(H,54,55)(H,56,57). The summed E-state index contributed by atoms with van der Waals surface area (Å²) >= 11 is 0. The average Bonchev–Trinajstić information content (AvgIpc) is 3.50. The minimum absolute atomic E-state index is 0.578. The minimum atomic E-state index is -3.34. The van der Waals surface area contributed by atoms with Gasteiger partial charge in [0, 0.05) is 52.2 Å². The molecule has 5 amide bonds. The zero-order chi connectivity index (χ0) is 47.5. The highest BCUT2D eigenvalue weighted by Crippen LogP contribution is 2.39. The lowest BCUT2D eigenvalue weighted by Crippen LogP contribution is -2.71. The molecule has 4 aliphatic heterocycles. The molecule has 3 fully saturated rings. The van der Waals surface area contributed by atoms with Gasteiger partial charge in [-0.3, -0.25) is 28.9 Å². The highest BCUT2D eigenvalue weighted by atomic mass is 16.8. The molecule has 28 heteroatoms. The molecule has 0 bridgehead atoms. The second-order valence-corrected chi connectivity index (χ2v) is 15.3. The molecule has 0 aromatic heterocycles. The van der Waals surface area contributed by atoms with Gasteiger partial charge in [0.15, 0.2) is 0 Å². The number of imide groups is 1. The first-order chi connectivity index (χ1) is 29.2. The molecule has 4 rings (SSSR count). The Morgan fingerprint density at radius 2 is 1.05 bits per heavy atom. The smallest absolute Gasteiger partial charge is 0.364 e. The van der Waals surface area contributed by atoms with Gasteiger partial charge in [-0.05, 0) is 0 Å². The van der Waals surface area contributed by atoms with E-state index < -0.39 is 183 Å². The number of nitrogens with one attached hydrogen (secondary N) is 3. The number of aliphatic carboxylic acids is 3. The van der Waals surface area contributed by atoms with E-state index in [1.165, 1.54) is 0 Å². The Morgan fingerprint density at radius 1 is 0.667 bits per heavy atom. The third-order valence-corrected chi connectivity index (χ3v) is 10.6. The second kappa shape index (κ2) is 19.9. The van der Waals surface area contributed by atoms with Crippen LogP contribution < -0.4 is 16.0 Å². The van der Waals surface area contributed by atoms with Gasteiger partial charge in [0.2, 0.25) is 17.7 Å². The first-order valence-corrected chi connectivity index (χ1v) is 19.0. The molecule has 14 N–H and O–H groups in total. The van der Waals surface area contributed by atoms with E-state index in [0.29, 0.717) is 4.90 Å². The molecule has 0 spiro atoms. The van der Waals surface area contributed by atoms with Crippen LogP contribution in [-0.2, 0) is 62.0 Å². The zero-order valence-electron chi connectivity index (χ0n) is 33.6. The highest BCUT2D eigenvalue weighted by Gasteiger charge is 2.61. The maximum Gasteiger partial charge on any atom is 0.364 e. The van der Waals surface area contributed by atoms with Crippen LogP contribution in [0.5, 0.6) is 0 Å². The van der Waals surface area contributed by atoms with E-state index in [0.717, 1.165) is 32.9 Å². The van der Waals surface area contributed by atoms with E-state index in [1.54, 1.807) is 0 Å². The predicted octanol–water partition coefficient (Wildman–Crippen LogP) is -8.31. The maximum absolute atomic E-state index is 13.1. The number of nitrogens with zero attached hydrogens (tertiary/aromatic N) is 1. The van der Waals surface area contributed by atoms with Crippen LogP contribution in [0.25, 0.3) is 0 Å². The molecule has 0 radical (unpaired) electrons. The number of carboxylic acid groups (broad SMARTS) is 3. The van der Waals surface area contributed by atoms with E-state index in [-0.39, 0.29) is 0 Å². The third-order valence-electron chi connectivity index (χ3n) is 10.6. The Hall–Kier alpha value is -4.82. The number of hydrogen-bond acceptors (Lipinski definition) is 21. The number of aliphatic hydroxyl groups is 8. The van der Waals surface area contributed by atoms with Crippen LogP contribution in [0.2, 0.25) is 0 Å². The number of carboxylic acids is 3. The van der Waals surface area contributed by atoms with E-state index in [4.69, 9.17) is 23.7 Å². The van der Waals surface area contributed by atoms with Crippen LogP contribution in [0.3, 0.4) is 0 Å². The Morgan fingerprint density at radius 3 is 1.44 bits per heavy atom. The molecule has 0 aromatic rings. The lowest BCUT2D eigenvalue weighted by Gasteiger charge is -2.50. The van der Waals surface area contributed by atoms with Crippen molar-refractivity contribution in [2.24, 2.45) is 0 Å². The fourth-order valence-corrected chi connectivity index (χ4v) is 7.72. The summed E-state index contributed by atoms with van der Waals surface area (Å²) in [5.41, 5.74) is 0. The Kier molecular flexibility index (Phi) is 16.1. The van der Waals surface area contributed by atoms with Crippen LogP contribution in [0.1, 0.15) is 40.0 Å². The van der Waals surface area contributed by atoms with Gasteiger partial charge < -0.3 is 95.8 Å². The summed E-state index contributed by atoms with van der Waals surface area (Å²) in [7, 11) is 0. The van der Waals surface area contributed by atoms with Gasteiger partial charge in [0.1, 0.15) is 42.7 Å². The fourth-order valence-electron chi connectivity index (χ4n) is 7.72. The van der Waals surface area contributed by atoms with Gasteiger partial charge in [-0.25, -0.2) is 14.4 Å². The number of carbonyl (C=O) groups is 8. The second-order valence-electron chi connectivity index (χ2n) is 15.3. The summed E-state index contributed by atoms with van der Waals surface area (Å²) < 4.78 is 27.7. The number of rotatable bonds is 18. The van der Waals surface area contributed by atoms with Crippen molar-refractivity contribution < 1.29 is 118 Å². The number of ether oxygens (including phenoxy) is 5. The van der Waals surface area contributed by atoms with E-state index >= 15 is 0 Å². The molecule has 3 saturated heterocycles. The van der Waals surface area contributed by atoms with Crippen molar-refractivity contribution in [3.63, 3.8) is 0 Å². The lowest BCUT2D eigenvalue weighted by molar-refractivity contribution is -0.353. The third kappa shape index (κ3) is 10.9. The predicted molar refractivity (Wildman–Crippen MR) is 194 cm³/mol. The first-order valence-electron chi connectivity index (χ1n) is 19.0. The largest absolute Gasteiger partial charge is 0.477 e. The molecule has 28 nitrogen and oxygen atoms in total. The van der Waals surface area contributed by atoms with Gasteiger partial charge in [-0.1, -0.05) is 0 Å². The molecule has 16 atom stereocenters. The van der Waals surface area contributed by atoms with Crippen molar-refractivity contribution in [2.45, 2.75) is 137 Å². The summed E-state index contributed by atoms with van der Waals surface area (Å²) in [5, 5.41) is 125. The molecule has 0 saturated carbocycles. The van der Waals surface area contributed by atoms with Crippen LogP contribution >= 0.6 is 0 Å². The molecule has 0 aromatic carbocycles. The minimum Gasteiger partial charge on any atom is -0.477 e. The number of hydrogen-bond donors (Lipinski definition) is 14. The van der Waals surface area contributed by atoms with Crippen molar-refractivity contribution in [3.05, 3.63) is 12.2 Å². The SMILES string of the molecule is CC(=O)NC1C(O)CC(OC(CO)C(O)C2OC(OC(CO)C(O)C3OC(O)(C(=O)O)CC(O)C3NC(C)=O)(C(=O)O)CC(O)C2NC(C)=O)(C(=O)O)OC1CN1C(=O)C=CC1=O. The van der Waals surface area contributed by atoms with Crippen molar-refractivity contribution in [1.82, 2.24) is 20.9 Å². The van der Waals surface area contributed by atoms with Gasteiger partial charge in [-0.15, -0.1) is 0 Å². The summed E-state index contributed by atoms with van der Waals surface area (Å²) in [6.07, 6.45) is -23.7. The average molecular weight is 911 g/mol. The topological polar surface area (TPSA) is 445 Å². The maximum atomic E-state index is 13.1. The van der Waals surface area contributed by atoms with Crippen molar-refractivity contribution >= 4 is 47.4 Å². The normalized spacial score (nSPS) is 36.4. The quantitative estimate of drug-likeness (QED) is 0.0568. The fraction of sp³-hybridized carbons (Fsp3) is 0.714. The van der Waals surface area contributed by atoms with Crippen LogP contribution in [0.4, 0.5) is 0 Å². The Balaban J connectivity index is 1.72. The molecule has 4 aliphatic rings. The number of amides is 5. The molecule has 63 heavy (non-hydrogen) atoms. The van der Waals surface area contributed by atoms with Gasteiger partial charge in [0.25, 0.3) is 29.2 Å². The summed E-state index contributed by atoms with van der Waals surface area (Å²) in [5.74, 6) is -20.3. The lowest BCUT2D eigenvalue weighted by atomic mass is 9.87. The molecule has 4 heterocycles. The summed E-state index contributed by atoms with van der Waals surface area (Å²) in [6.45, 7) is -0.732. The van der Waals surface area contributed by atoms with Crippen molar-refractivity contribution in [1.29, 1.82) is 0 Å². The van der Waals surface area contributed by atoms with Crippen LogP contribution in [0, 0.1) is 0 Å². The first kappa shape index (κ1) is 50.8. The summed E-state index contributed by atoms with van der Waals surface area (Å²) in [4.78, 5) is 99.6. The Bertz CT molecular complexity index is 1800. The van der Waals surface area contributed by atoms with Crippen molar-refractivity contribution in [3.8, 4) is 0 Å². The van der Waals surface area contributed by atoms with E-state index in [1.807, 2.05) is 0 Å². The number of carbonyl (C=O) groups excluding carboxylic acids is 5. The molecule has 354 valence electrons. The van der Waals surface area contributed by atoms with Gasteiger partial charge in [-0.2, -0.15) is 0 Å². The van der Waals surface area contributed by atoms with E-state index in [9.17, 15) is 94.5 Å². The van der Waals surface area contributed by atoms with Crippen molar-refractivity contribution in [2.75, 3.05) is 19.8 Å². The molecule has 0 aliphatic carbocycles. The molecule has 16 unspecified atom stereocenters. The highest BCUT2D eigenvalue weighted by molar-refractivity contribution is 6.12. The van der Waals surface area contributed by atoms with E-state index in [2.05, 4.69) is 16.0 Å². The van der Waals surface area contributed by atoms with Crippen LogP contribution in [0.15, 0.2) is 12.2 Å². The van der Waals surface area contributed by atoms with Crippen LogP contribution in [-0.4, -0.2) is 225 Å². The number of aliphatic hydroxyl groups excluding tert-OH is 7. The molecular weight excluding hydrogens is 860 g/mol. The van der Waals surface area contributed by atoms with Gasteiger partial charge >= 0.3 is 17.9 Å².